The summed E-state index contributed by atoms with van der Waals surface area (Å²) in [5, 5.41) is 0. The fourth-order valence-electron chi connectivity index (χ4n) is 1.97. The van der Waals surface area contributed by atoms with E-state index in [1.54, 1.807) is 19.1 Å². The Labute approximate surface area is 115 Å². The second-order valence-electron chi connectivity index (χ2n) is 5.91. The van der Waals surface area contributed by atoms with Gasteiger partial charge in [-0.3, -0.25) is 0 Å². The summed E-state index contributed by atoms with van der Waals surface area (Å²) in [4.78, 5) is 13.9. The van der Waals surface area contributed by atoms with Crippen LogP contribution in [0.3, 0.4) is 0 Å². The zero-order valence-corrected chi connectivity index (χ0v) is 12.5. The zero-order valence-electron chi connectivity index (χ0n) is 12.5. The summed E-state index contributed by atoms with van der Waals surface area (Å²) in [5.74, 6) is -0.369. The maximum Gasteiger partial charge on any atom is 0.340 e. The monoisotopic (exact) mass is 264 g/mol. The number of nitrogen functional groups attached to an aromatic ring is 1. The van der Waals surface area contributed by atoms with Gasteiger partial charge in [0.05, 0.1) is 12.2 Å². The van der Waals surface area contributed by atoms with Crippen LogP contribution in [-0.4, -0.2) is 26.2 Å². The summed E-state index contributed by atoms with van der Waals surface area (Å²) in [6.07, 6.45) is 0. The van der Waals surface area contributed by atoms with E-state index in [1.807, 2.05) is 13.1 Å². The minimum atomic E-state index is -0.369. The lowest BCUT2D eigenvalue weighted by atomic mass is 9.96. The number of esters is 1. The number of carbonyl (C=O) groups excluding carboxylic acids is 1. The minimum absolute atomic E-state index is 0.181. The van der Waals surface area contributed by atoms with Gasteiger partial charge in [-0.15, -0.1) is 0 Å². The highest BCUT2D eigenvalue weighted by Gasteiger charge is 2.17. The Morgan fingerprint density at radius 1 is 1.37 bits per heavy atom. The molecule has 4 nitrogen and oxygen atoms in total. The molecule has 0 aromatic heterocycles. The molecule has 1 rings (SSSR count). The molecule has 0 unspecified atom stereocenters. The minimum Gasteiger partial charge on any atom is -0.462 e. The third-order valence-corrected chi connectivity index (χ3v) is 2.68. The summed E-state index contributed by atoms with van der Waals surface area (Å²) >= 11 is 0. The molecular weight excluding hydrogens is 240 g/mol. The van der Waals surface area contributed by atoms with Crippen molar-refractivity contribution < 1.29 is 9.53 Å². The van der Waals surface area contributed by atoms with Crippen molar-refractivity contribution in [1.29, 1.82) is 0 Å². The molecule has 0 aliphatic rings. The number of hydrogen-bond acceptors (Lipinski definition) is 4. The third-order valence-electron chi connectivity index (χ3n) is 2.68. The first-order valence-corrected chi connectivity index (χ1v) is 6.52. The fourth-order valence-corrected chi connectivity index (χ4v) is 1.97. The van der Waals surface area contributed by atoms with Crippen molar-refractivity contribution >= 4 is 17.3 Å². The van der Waals surface area contributed by atoms with Crippen molar-refractivity contribution in [2.24, 2.45) is 5.41 Å². The summed E-state index contributed by atoms with van der Waals surface area (Å²) in [5.41, 5.74) is 7.86. The van der Waals surface area contributed by atoms with Crippen LogP contribution in [0.2, 0.25) is 0 Å². The predicted octanol–water partition coefficient (Wildman–Crippen LogP) is 2.93. The second kappa shape index (κ2) is 5.95. The van der Waals surface area contributed by atoms with Crippen LogP contribution in [-0.2, 0) is 4.74 Å². The second-order valence-corrected chi connectivity index (χ2v) is 5.91. The van der Waals surface area contributed by atoms with Crippen LogP contribution in [0.1, 0.15) is 38.1 Å². The standard InChI is InChI=1S/C15H24N2O2/c1-6-19-14(18)12-9-11(7-8-13(12)16)17(5)10-15(2,3)4/h7-9H,6,10,16H2,1-5H3. The molecule has 1 aromatic rings. The average molecular weight is 264 g/mol. The third kappa shape index (κ3) is 4.47. The maximum absolute atomic E-state index is 11.8. The molecule has 0 aliphatic carbocycles. The van der Waals surface area contributed by atoms with Gasteiger partial charge in [-0.05, 0) is 30.5 Å². The van der Waals surface area contributed by atoms with Gasteiger partial charge in [-0.1, -0.05) is 20.8 Å². The molecule has 2 N–H and O–H groups in total. The molecule has 0 atom stereocenters. The Morgan fingerprint density at radius 2 is 2.00 bits per heavy atom. The number of nitrogens with zero attached hydrogens (tertiary/aromatic N) is 1. The van der Waals surface area contributed by atoms with Crippen LogP contribution >= 0.6 is 0 Å². The van der Waals surface area contributed by atoms with Gasteiger partial charge in [0.15, 0.2) is 0 Å². The van der Waals surface area contributed by atoms with Gasteiger partial charge >= 0.3 is 5.97 Å². The van der Waals surface area contributed by atoms with Crippen molar-refractivity contribution in [1.82, 2.24) is 0 Å². The maximum atomic E-state index is 11.8. The molecule has 4 heteroatoms. The predicted molar refractivity (Wildman–Crippen MR) is 79.5 cm³/mol. The molecule has 0 saturated carbocycles. The van der Waals surface area contributed by atoms with Crippen molar-refractivity contribution in [3.05, 3.63) is 23.8 Å². The molecule has 19 heavy (non-hydrogen) atoms. The first-order chi connectivity index (χ1) is 8.74. The summed E-state index contributed by atoms with van der Waals surface area (Å²) in [6.45, 7) is 9.54. The Morgan fingerprint density at radius 3 is 2.53 bits per heavy atom. The summed E-state index contributed by atoms with van der Waals surface area (Å²) in [6, 6.07) is 5.46. The van der Waals surface area contributed by atoms with E-state index in [0.29, 0.717) is 17.9 Å². The van der Waals surface area contributed by atoms with Gasteiger partial charge in [0.1, 0.15) is 0 Å². The highest BCUT2D eigenvalue weighted by atomic mass is 16.5. The number of hydrogen-bond donors (Lipinski definition) is 1. The van der Waals surface area contributed by atoms with Gasteiger partial charge in [0, 0.05) is 25.0 Å². The molecule has 0 radical (unpaired) electrons. The summed E-state index contributed by atoms with van der Waals surface area (Å²) < 4.78 is 5.01. The number of anilines is 2. The van der Waals surface area contributed by atoms with Crippen molar-refractivity contribution in [3.63, 3.8) is 0 Å². The van der Waals surface area contributed by atoms with E-state index in [2.05, 4.69) is 25.7 Å². The van der Waals surface area contributed by atoms with Crippen molar-refractivity contribution in [2.75, 3.05) is 30.8 Å². The van der Waals surface area contributed by atoms with Gasteiger partial charge < -0.3 is 15.4 Å². The van der Waals surface area contributed by atoms with E-state index >= 15 is 0 Å². The van der Waals surface area contributed by atoms with Gasteiger partial charge in [0.25, 0.3) is 0 Å². The lowest BCUT2D eigenvalue weighted by molar-refractivity contribution is 0.0527. The molecule has 0 heterocycles. The topological polar surface area (TPSA) is 55.6 Å². The Hall–Kier alpha value is -1.71. The van der Waals surface area contributed by atoms with Crippen molar-refractivity contribution in [3.8, 4) is 0 Å². The van der Waals surface area contributed by atoms with Gasteiger partial charge in [0.2, 0.25) is 0 Å². The van der Waals surface area contributed by atoms with Gasteiger partial charge in [-0.2, -0.15) is 0 Å². The van der Waals surface area contributed by atoms with Crippen LogP contribution < -0.4 is 10.6 Å². The largest absolute Gasteiger partial charge is 0.462 e. The average Bonchev–Trinajstić information content (AvgIpc) is 2.27. The lowest BCUT2D eigenvalue weighted by Gasteiger charge is -2.28. The van der Waals surface area contributed by atoms with E-state index in [-0.39, 0.29) is 11.4 Å². The van der Waals surface area contributed by atoms with E-state index < -0.39 is 0 Å². The number of ether oxygens (including phenoxy) is 1. The lowest BCUT2D eigenvalue weighted by Crippen LogP contribution is -2.29. The Kier molecular flexibility index (Phi) is 4.81. The molecule has 0 saturated heterocycles. The van der Waals surface area contributed by atoms with E-state index in [0.717, 1.165) is 12.2 Å². The molecule has 0 spiro atoms. The number of benzene rings is 1. The van der Waals surface area contributed by atoms with E-state index in [1.165, 1.54) is 0 Å². The van der Waals surface area contributed by atoms with Crippen molar-refractivity contribution in [2.45, 2.75) is 27.7 Å². The molecule has 1 aromatic carbocycles. The zero-order chi connectivity index (χ0) is 14.6. The van der Waals surface area contributed by atoms with Crippen LogP contribution in [0.25, 0.3) is 0 Å². The van der Waals surface area contributed by atoms with Crippen LogP contribution in [0.15, 0.2) is 18.2 Å². The molecule has 0 bridgehead atoms. The fraction of sp³-hybridized carbons (Fsp3) is 0.533. The molecular formula is C15H24N2O2. The summed E-state index contributed by atoms with van der Waals surface area (Å²) in [7, 11) is 2.01. The molecule has 106 valence electrons. The number of nitrogens with two attached hydrogens (primary N) is 1. The molecule has 0 fully saturated rings. The normalized spacial score (nSPS) is 11.2. The van der Waals surface area contributed by atoms with E-state index in [4.69, 9.17) is 10.5 Å². The number of carbonyl (C=O) groups is 1. The molecule has 0 aliphatic heterocycles. The Bertz CT molecular complexity index is 450. The van der Waals surface area contributed by atoms with Crippen LogP contribution in [0.5, 0.6) is 0 Å². The quantitative estimate of drug-likeness (QED) is 0.671. The van der Waals surface area contributed by atoms with E-state index in [9.17, 15) is 4.79 Å². The van der Waals surface area contributed by atoms with Crippen LogP contribution in [0, 0.1) is 5.41 Å². The van der Waals surface area contributed by atoms with Gasteiger partial charge in [-0.25, -0.2) is 4.79 Å². The first kappa shape index (κ1) is 15.3. The highest BCUT2D eigenvalue weighted by Crippen LogP contribution is 2.24. The SMILES string of the molecule is CCOC(=O)c1cc(N(C)CC(C)(C)C)ccc1N. The Balaban J connectivity index is 2.98. The molecule has 0 amide bonds. The highest BCUT2D eigenvalue weighted by molar-refractivity contribution is 5.96. The first-order valence-electron chi connectivity index (χ1n) is 6.52. The smallest absolute Gasteiger partial charge is 0.340 e. The van der Waals surface area contributed by atoms with Crippen LogP contribution in [0.4, 0.5) is 11.4 Å². The number of rotatable bonds is 4.